The van der Waals surface area contributed by atoms with Crippen LogP contribution in [0.25, 0.3) is 0 Å². The van der Waals surface area contributed by atoms with Gasteiger partial charge in [0.15, 0.2) is 0 Å². The summed E-state index contributed by atoms with van der Waals surface area (Å²) in [5, 5.41) is 0. The van der Waals surface area contributed by atoms with E-state index >= 15 is 0 Å². The summed E-state index contributed by atoms with van der Waals surface area (Å²) < 4.78 is 0. The predicted molar refractivity (Wildman–Crippen MR) is 95.5 cm³/mol. The first kappa shape index (κ1) is 17.8. The molecule has 3 rings (SSSR count). The van der Waals surface area contributed by atoms with Crippen molar-refractivity contribution in [1.29, 1.82) is 0 Å². The molecule has 4 nitrogen and oxygen atoms in total. The van der Waals surface area contributed by atoms with E-state index in [9.17, 15) is 9.59 Å². The van der Waals surface area contributed by atoms with Gasteiger partial charge >= 0.3 is 0 Å². The van der Waals surface area contributed by atoms with Crippen LogP contribution in [-0.2, 0) is 9.59 Å². The highest BCUT2D eigenvalue weighted by Gasteiger charge is 2.50. The largest absolute Gasteiger partial charge is 0.342 e. The molecule has 0 aromatic rings. The van der Waals surface area contributed by atoms with E-state index in [0.717, 1.165) is 38.9 Å². The highest BCUT2D eigenvalue weighted by atomic mass is 16.2. The predicted octanol–water partition coefficient (Wildman–Crippen LogP) is 3.45. The quantitative estimate of drug-likeness (QED) is 0.776. The number of hydrogen-bond acceptors (Lipinski definition) is 2. The lowest BCUT2D eigenvalue weighted by Crippen LogP contribution is -2.52. The number of piperidine rings is 1. The second kappa shape index (κ2) is 6.68. The molecule has 2 saturated heterocycles. The molecule has 3 fully saturated rings. The zero-order valence-corrected chi connectivity index (χ0v) is 15.8. The molecule has 1 saturated carbocycles. The lowest BCUT2D eigenvalue weighted by molar-refractivity contribution is -0.147. The minimum Gasteiger partial charge on any atom is -0.342 e. The Balaban J connectivity index is 1.65. The van der Waals surface area contributed by atoms with Crippen molar-refractivity contribution in [3.63, 3.8) is 0 Å². The van der Waals surface area contributed by atoms with Gasteiger partial charge in [0.05, 0.1) is 5.41 Å². The molecule has 2 amide bonds. The monoisotopic (exact) mass is 334 g/mol. The van der Waals surface area contributed by atoms with Crippen molar-refractivity contribution in [2.24, 2.45) is 16.7 Å². The van der Waals surface area contributed by atoms with Gasteiger partial charge in [-0.1, -0.05) is 40.0 Å². The molecule has 0 aromatic carbocycles. The number of carbonyl (C=O) groups excluding carboxylic acids is 2. The molecule has 1 atom stereocenters. The maximum absolute atomic E-state index is 13.2. The highest BCUT2D eigenvalue weighted by molar-refractivity contribution is 5.87. The molecule has 0 radical (unpaired) electrons. The second-order valence-corrected chi connectivity index (χ2v) is 9.37. The molecule has 3 aliphatic rings. The second-order valence-electron chi connectivity index (χ2n) is 9.37. The fourth-order valence-electron chi connectivity index (χ4n) is 4.91. The van der Waals surface area contributed by atoms with Crippen molar-refractivity contribution in [1.82, 2.24) is 9.80 Å². The summed E-state index contributed by atoms with van der Waals surface area (Å²) in [6.07, 6.45) is 9.48. The van der Waals surface area contributed by atoms with E-state index in [1.807, 2.05) is 25.7 Å². The first-order chi connectivity index (χ1) is 11.3. The Morgan fingerprint density at radius 1 is 1.08 bits per heavy atom. The number of rotatable bonds is 2. The molecule has 2 heterocycles. The first-order valence-corrected chi connectivity index (χ1v) is 9.91. The lowest BCUT2D eigenvalue weighted by Gasteiger charge is -2.41. The van der Waals surface area contributed by atoms with E-state index in [2.05, 4.69) is 4.90 Å². The Morgan fingerprint density at radius 2 is 1.79 bits per heavy atom. The van der Waals surface area contributed by atoms with Crippen molar-refractivity contribution >= 4 is 11.8 Å². The van der Waals surface area contributed by atoms with E-state index in [1.165, 1.54) is 32.1 Å². The Bertz CT molecular complexity index is 490. The maximum atomic E-state index is 13.2. The zero-order chi connectivity index (χ0) is 17.4. The summed E-state index contributed by atoms with van der Waals surface area (Å²) in [4.78, 5) is 29.9. The third-order valence-electron chi connectivity index (χ3n) is 6.31. The highest BCUT2D eigenvalue weighted by Crippen LogP contribution is 2.41. The number of likely N-dealkylation sites (tertiary alicyclic amines) is 2. The van der Waals surface area contributed by atoms with Gasteiger partial charge in [0.2, 0.25) is 11.8 Å². The SMILES string of the molecule is CC(C)(C)C(=O)N1CC[C@@]2(CCCN(CC3CCCCC3)C2=O)C1. The topological polar surface area (TPSA) is 40.6 Å². The van der Waals surface area contributed by atoms with Crippen LogP contribution in [0.4, 0.5) is 0 Å². The summed E-state index contributed by atoms with van der Waals surface area (Å²) in [6.45, 7) is 9.18. The number of carbonyl (C=O) groups is 2. The molecule has 0 unspecified atom stereocenters. The van der Waals surface area contributed by atoms with Gasteiger partial charge in [-0.2, -0.15) is 0 Å². The molecule has 24 heavy (non-hydrogen) atoms. The molecule has 1 aliphatic carbocycles. The van der Waals surface area contributed by atoms with Crippen LogP contribution in [0.1, 0.15) is 72.1 Å². The Hall–Kier alpha value is -1.06. The van der Waals surface area contributed by atoms with Gasteiger partial charge in [0.1, 0.15) is 0 Å². The number of nitrogens with zero attached hydrogens (tertiary/aromatic N) is 2. The normalized spacial score (nSPS) is 29.5. The molecule has 0 aromatic heterocycles. The Labute approximate surface area is 146 Å². The molecule has 4 heteroatoms. The van der Waals surface area contributed by atoms with Crippen molar-refractivity contribution in [3.8, 4) is 0 Å². The van der Waals surface area contributed by atoms with Gasteiger partial charge in [0, 0.05) is 31.6 Å². The third-order valence-corrected chi connectivity index (χ3v) is 6.31. The third kappa shape index (κ3) is 3.48. The van der Waals surface area contributed by atoms with Gasteiger partial charge in [-0.15, -0.1) is 0 Å². The van der Waals surface area contributed by atoms with Crippen LogP contribution < -0.4 is 0 Å². The summed E-state index contributed by atoms with van der Waals surface area (Å²) in [6, 6.07) is 0. The van der Waals surface area contributed by atoms with Gasteiger partial charge < -0.3 is 9.80 Å². The van der Waals surface area contributed by atoms with Gasteiger partial charge in [-0.05, 0) is 38.0 Å². The molecule has 1 spiro atoms. The minimum atomic E-state index is -0.356. The van der Waals surface area contributed by atoms with Gasteiger partial charge in [-0.3, -0.25) is 9.59 Å². The van der Waals surface area contributed by atoms with E-state index in [0.29, 0.717) is 18.4 Å². The molecule has 136 valence electrons. The molecule has 2 aliphatic heterocycles. The minimum absolute atomic E-state index is 0.191. The van der Waals surface area contributed by atoms with Crippen LogP contribution in [0.3, 0.4) is 0 Å². The zero-order valence-electron chi connectivity index (χ0n) is 15.8. The molecule has 0 bridgehead atoms. The standard InChI is InChI=1S/C20H34N2O2/c1-19(2,3)17(23)22-13-11-20(15-22)10-7-12-21(18(20)24)14-16-8-5-4-6-9-16/h16H,4-15H2,1-3H3/t20-/m0/s1. The summed E-state index contributed by atoms with van der Waals surface area (Å²) in [5.41, 5.74) is -0.640. The van der Waals surface area contributed by atoms with Crippen molar-refractivity contribution in [2.75, 3.05) is 26.2 Å². The van der Waals surface area contributed by atoms with E-state index in [1.54, 1.807) is 0 Å². The first-order valence-electron chi connectivity index (χ1n) is 9.91. The fraction of sp³-hybridized carbons (Fsp3) is 0.900. The van der Waals surface area contributed by atoms with Crippen LogP contribution in [-0.4, -0.2) is 47.8 Å². The molecule has 0 N–H and O–H groups in total. The van der Waals surface area contributed by atoms with Crippen LogP contribution in [0.15, 0.2) is 0 Å². The Kier molecular flexibility index (Phi) is 4.94. The fourth-order valence-corrected chi connectivity index (χ4v) is 4.91. The molecular formula is C20H34N2O2. The van der Waals surface area contributed by atoms with Crippen molar-refractivity contribution in [2.45, 2.75) is 72.1 Å². The van der Waals surface area contributed by atoms with Crippen molar-refractivity contribution < 1.29 is 9.59 Å². The number of amides is 2. The van der Waals surface area contributed by atoms with E-state index in [4.69, 9.17) is 0 Å². The smallest absolute Gasteiger partial charge is 0.230 e. The van der Waals surface area contributed by atoms with Crippen LogP contribution in [0.5, 0.6) is 0 Å². The summed E-state index contributed by atoms with van der Waals surface area (Å²) in [5.74, 6) is 1.23. The average molecular weight is 335 g/mol. The number of hydrogen-bond donors (Lipinski definition) is 0. The van der Waals surface area contributed by atoms with Crippen LogP contribution in [0.2, 0.25) is 0 Å². The van der Waals surface area contributed by atoms with Crippen LogP contribution in [0, 0.1) is 16.7 Å². The average Bonchev–Trinajstić information content (AvgIpc) is 2.96. The van der Waals surface area contributed by atoms with Crippen LogP contribution >= 0.6 is 0 Å². The van der Waals surface area contributed by atoms with E-state index < -0.39 is 0 Å². The van der Waals surface area contributed by atoms with Crippen molar-refractivity contribution in [3.05, 3.63) is 0 Å². The van der Waals surface area contributed by atoms with Gasteiger partial charge in [0.25, 0.3) is 0 Å². The summed E-state index contributed by atoms with van der Waals surface area (Å²) in [7, 11) is 0. The maximum Gasteiger partial charge on any atom is 0.230 e. The lowest BCUT2D eigenvalue weighted by atomic mass is 9.77. The summed E-state index contributed by atoms with van der Waals surface area (Å²) >= 11 is 0. The van der Waals surface area contributed by atoms with E-state index in [-0.39, 0.29) is 16.7 Å². The van der Waals surface area contributed by atoms with Gasteiger partial charge in [-0.25, -0.2) is 0 Å². The molecular weight excluding hydrogens is 300 g/mol. The Morgan fingerprint density at radius 3 is 2.46 bits per heavy atom.